The molecule has 1 rings (SSSR count). The lowest BCUT2D eigenvalue weighted by molar-refractivity contribution is 0.204. The third kappa shape index (κ3) is 3.03. The average Bonchev–Trinajstić information content (AvgIpc) is 2.19. The topological polar surface area (TPSA) is 52.5 Å². The Morgan fingerprint density at radius 1 is 1.14 bits per heavy atom. The molecule has 1 aromatic rings. The summed E-state index contributed by atoms with van der Waals surface area (Å²) in [5.41, 5.74) is 0.715. The number of anilines is 1. The molecule has 0 bridgehead atoms. The number of hydrogen-bond donors (Lipinski definition) is 3. The maximum Gasteiger partial charge on any atom is 0.0723 e. The number of aliphatic hydroxyl groups excluding tert-OH is 2. The smallest absolute Gasteiger partial charge is 0.0723 e. The van der Waals surface area contributed by atoms with Gasteiger partial charge in [0.05, 0.1) is 29.3 Å². The van der Waals surface area contributed by atoms with Crippen LogP contribution in [-0.2, 0) is 0 Å². The number of halogens is 2. The summed E-state index contributed by atoms with van der Waals surface area (Å²) >= 11 is 11.5. The first-order valence-corrected chi connectivity index (χ1v) is 4.86. The second kappa shape index (κ2) is 5.41. The number of aliphatic hydroxyl groups is 2. The summed E-state index contributed by atoms with van der Waals surface area (Å²) in [4.78, 5) is 0. The Morgan fingerprint density at radius 2 is 1.79 bits per heavy atom. The minimum Gasteiger partial charge on any atom is -0.394 e. The van der Waals surface area contributed by atoms with Gasteiger partial charge in [-0.25, -0.2) is 0 Å². The van der Waals surface area contributed by atoms with Gasteiger partial charge in [0.1, 0.15) is 0 Å². The third-order valence-electron chi connectivity index (χ3n) is 1.73. The van der Waals surface area contributed by atoms with Crippen molar-refractivity contribution in [2.75, 3.05) is 18.5 Å². The molecule has 0 saturated carbocycles. The van der Waals surface area contributed by atoms with Crippen LogP contribution in [0.25, 0.3) is 0 Å². The Labute approximate surface area is 92.3 Å². The van der Waals surface area contributed by atoms with Crippen LogP contribution in [0.2, 0.25) is 10.0 Å². The first-order chi connectivity index (χ1) is 6.67. The lowest BCUT2D eigenvalue weighted by Crippen LogP contribution is -2.27. The minimum absolute atomic E-state index is 0.142. The molecule has 0 fully saturated rings. The van der Waals surface area contributed by atoms with Crippen molar-refractivity contribution in [3.63, 3.8) is 0 Å². The van der Waals surface area contributed by atoms with Crippen LogP contribution in [0.1, 0.15) is 0 Å². The highest BCUT2D eigenvalue weighted by atomic mass is 35.5. The van der Waals surface area contributed by atoms with Gasteiger partial charge in [-0.1, -0.05) is 23.2 Å². The molecule has 0 aliphatic heterocycles. The fourth-order valence-electron chi connectivity index (χ4n) is 0.971. The summed E-state index contributed by atoms with van der Waals surface area (Å²) in [5, 5.41) is 21.5. The van der Waals surface area contributed by atoms with Gasteiger partial charge in [-0.2, -0.15) is 0 Å². The van der Waals surface area contributed by atoms with Gasteiger partial charge in [-0.3, -0.25) is 0 Å². The molecule has 5 heteroatoms. The molecule has 78 valence electrons. The van der Waals surface area contributed by atoms with E-state index < -0.39 is 0 Å². The molecule has 3 N–H and O–H groups in total. The van der Waals surface area contributed by atoms with E-state index in [1.807, 2.05) is 0 Å². The Hall–Kier alpha value is -0.480. The fraction of sp³-hybridized carbons (Fsp3) is 0.333. The van der Waals surface area contributed by atoms with Gasteiger partial charge >= 0.3 is 0 Å². The fourth-order valence-corrected chi connectivity index (χ4v) is 1.27. The van der Waals surface area contributed by atoms with E-state index in [0.717, 1.165) is 0 Å². The van der Waals surface area contributed by atoms with Gasteiger partial charge in [0.2, 0.25) is 0 Å². The molecule has 3 nitrogen and oxygen atoms in total. The zero-order valence-electron chi connectivity index (χ0n) is 7.37. The van der Waals surface area contributed by atoms with Crippen LogP contribution in [0, 0.1) is 0 Å². The summed E-state index contributed by atoms with van der Waals surface area (Å²) < 4.78 is 0. The minimum atomic E-state index is -0.382. The van der Waals surface area contributed by atoms with E-state index in [2.05, 4.69) is 5.32 Å². The molecule has 0 spiro atoms. The van der Waals surface area contributed by atoms with Gasteiger partial charge in [0.25, 0.3) is 0 Å². The summed E-state index contributed by atoms with van der Waals surface area (Å²) in [5.74, 6) is 0. The van der Waals surface area contributed by atoms with Gasteiger partial charge in [-0.05, 0) is 18.2 Å². The quantitative estimate of drug-likeness (QED) is 0.746. The molecule has 14 heavy (non-hydrogen) atoms. The summed E-state index contributed by atoms with van der Waals surface area (Å²) in [6.45, 7) is -0.284. The lowest BCUT2D eigenvalue weighted by Gasteiger charge is -2.14. The van der Waals surface area contributed by atoms with Crippen LogP contribution >= 0.6 is 23.2 Å². The summed E-state index contributed by atoms with van der Waals surface area (Å²) in [6, 6.07) is 4.64. The molecule has 0 amide bonds. The van der Waals surface area contributed by atoms with Crippen molar-refractivity contribution in [2.45, 2.75) is 6.04 Å². The molecule has 0 aromatic heterocycles. The molecule has 0 saturated heterocycles. The highest BCUT2D eigenvalue weighted by Crippen LogP contribution is 2.25. The molecule has 0 aliphatic carbocycles. The van der Waals surface area contributed by atoms with Gasteiger partial charge in [0, 0.05) is 5.69 Å². The normalized spacial score (nSPS) is 10.6. The highest BCUT2D eigenvalue weighted by molar-refractivity contribution is 6.42. The molecular formula is C9H11Cl2NO2. The molecule has 0 unspecified atom stereocenters. The predicted molar refractivity (Wildman–Crippen MR) is 58.0 cm³/mol. The number of nitrogens with one attached hydrogen (secondary N) is 1. The summed E-state index contributed by atoms with van der Waals surface area (Å²) in [7, 11) is 0. The maximum absolute atomic E-state index is 8.83. The van der Waals surface area contributed by atoms with Crippen molar-refractivity contribution in [3.05, 3.63) is 28.2 Å². The van der Waals surface area contributed by atoms with Crippen LogP contribution in [0.3, 0.4) is 0 Å². The van der Waals surface area contributed by atoms with Gasteiger partial charge < -0.3 is 15.5 Å². The number of hydrogen-bond acceptors (Lipinski definition) is 3. The molecule has 0 heterocycles. The largest absolute Gasteiger partial charge is 0.394 e. The van der Waals surface area contributed by atoms with Crippen molar-refractivity contribution in [1.82, 2.24) is 0 Å². The molecular weight excluding hydrogens is 225 g/mol. The van der Waals surface area contributed by atoms with Crippen LogP contribution in [0.5, 0.6) is 0 Å². The van der Waals surface area contributed by atoms with Crippen molar-refractivity contribution >= 4 is 28.9 Å². The van der Waals surface area contributed by atoms with Crippen molar-refractivity contribution in [2.24, 2.45) is 0 Å². The van der Waals surface area contributed by atoms with Crippen molar-refractivity contribution < 1.29 is 10.2 Å². The summed E-state index contributed by atoms with van der Waals surface area (Å²) in [6.07, 6.45) is 0. The Bertz CT molecular complexity index is 303. The Morgan fingerprint density at radius 3 is 2.29 bits per heavy atom. The lowest BCUT2D eigenvalue weighted by atomic mass is 10.2. The van der Waals surface area contributed by atoms with Gasteiger partial charge in [-0.15, -0.1) is 0 Å². The second-order valence-corrected chi connectivity index (χ2v) is 3.65. The van der Waals surface area contributed by atoms with Crippen LogP contribution in [0.15, 0.2) is 18.2 Å². The Kier molecular flexibility index (Phi) is 4.48. The first kappa shape index (κ1) is 11.6. The number of rotatable bonds is 4. The second-order valence-electron chi connectivity index (χ2n) is 2.84. The van der Waals surface area contributed by atoms with E-state index in [9.17, 15) is 0 Å². The third-order valence-corrected chi connectivity index (χ3v) is 2.47. The van der Waals surface area contributed by atoms with Crippen LogP contribution in [-0.4, -0.2) is 29.5 Å². The van der Waals surface area contributed by atoms with Crippen molar-refractivity contribution in [3.8, 4) is 0 Å². The molecule has 0 radical (unpaired) electrons. The standard InChI is InChI=1S/C9H11Cl2NO2/c10-8-2-1-6(3-9(8)11)12-7(4-13)5-14/h1-3,7,12-14H,4-5H2. The zero-order chi connectivity index (χ0) is 10.6. The Balaban J connectivity index is 2.72. The molecule has 0 aliphatic rings. The van der Waals surface area contributed by atoms with Gasteiger partial charge in [0.15, 0.2) is 0 Å². The van der Waals surface area contributed by atoms with E-state index in [1.54, 1.807) is 18.2 Å². The number of benzene rings is 1. The van der Waals surface area contributed by atoms with Crippen molar-refractivity contribution in [1.29, 1.82) is 0 Å². The van der Waals surface area contributed by atoms with Crippen LogP contribution < -0.4 is 5.32 Å². The van der Waals surface area contributed by atoms with E-state index >= 15 is 0 Å². The van der Waals surface area contributed by atoms with Crippen LogP contribution in [0.4, 0.5) is 5.69 Å². The SMILES string of the molecule is OCC(CO)Nc1ccc(Cl)c(Cl)c1. The molecule has 1 aromatic carbocycles. The van der Waals surface area contributed by atoms with E-state index in [-0.39, 0.29) is 19.3 Å². The average molecular weight is 236 g/mol. The molecule has 0 atom stereocenters. The predicted octanol–water partition coefficient (Wildman–Crippen LogP) is 1.76. The first-order valence-electron chi connectivity index (χ1n) is 4.10. The maximum atomic E-state index is 8.83. The van der Waals surface area contributed by atoms with E-state index in [1.165, 1.54) is 0 Å². The monoisotopic (exact) mass is 235 g/mol. The van der Waals surface area contributed by atoms with E-state index in [4.69, 9.17) is 33.4 Å². The van der Waals surface area contributed by atoms with E-state index in [0.29, 0.717) is 15.7 Å². The zero-order valence-corrected chi connectivity index (χ0v) is 8.89. The highest BCUT2D eigenvalue weighted by Gasteiger charge is 2.06.